The third kappa shape index (κ3) is 2.82. The Morgan fingerprint density at radius 2 is 1.88 bits per heavy atom. The lowest BCUT2D eigenvalue weighted by atomic mass is 10.0. The molecule has 0 radical (unpaired) electrons. The zero-order valence-corrected chi connectivity index (χ0v) is 8.98. The molecule has 2 rings (SSSR count). The first-order valence-corrected chi connectivity index (χ1v) is 5.11. The van der Waals surface area contributed by atoms with Gasteiger partial charge in [-0.25, -0.2) is 18.7 Å². The Balaban J connectivity index is 2.16. The molecule has 0 bridgehead atoms. The van der Waals surface area contributed by atoms with E-state index in [0.29, 0.717) is 5.56 Å². The maximum Gasteiger partial charge on any atom is 0.129 e. The molecule has 2 N–H and O–H groups in total. The Morgan fingerprint density at radius 3 is 2.53 bits per heavy atom. The van der Waals surface area contributed by atoms with Crippen LogP contribution in [0, 0.1) is 11.6 Å². The minimum Gasteiger partial charge on any atom is -0.324 e. The average Bonchev–Trinajstić information content (AvgIpc) is 2.34. The van der Waals surface area contributed by atoms with Crippen LogP contribution in [0.25, 0.3) is 0 Å². The van der Waals surface area contributed by atoms with Gasteiger partial charge in [0, 0.05) is 30.1 Å². The number of hydrogen-bond acceptors (Lipinski definition) is 3. The highest BCUT2D eigenvalue weighted by Crippen LogP contribution is 2.17. The van der Waals surface area contributed by atoms with Gasteiger partial charge in [-0.1, -0.05) is 6.07 Å². The monoisotopic (exact) mass is 235 g/mol. The lowest BCUT2D eigenvalue weighted by molar-refractivity contribution is 0.562. The molecule has 1 aromatic heterocycles. The summed E-state index contributed by atoms with van der Waals surface area (Å²) in [5.74, 6) is -1.18. The predicted octanol–water partition coefficient (Wildman–Crippen LogP) is 2.00. The van der Waals surface area contributed by atoms with Crippen molar-refractivity contribution in [2.45, 2.75) is 12.5 Å². The topological polar surface area (TPSA) is 51.8 Å². The molecule has 0 aliphatic carbocycles. The van der Waals surface area contributed by atoms with Gasteiger partial charge in [-0.2, -0.15) is 0 Å². The molecule has 0 aliphatic rings. The molecule has 0 aliphatic heterocycles. The van der Waals surface area contributed by atoms with Gasteiger partial charge in [-0.3, -0.25) is 0 Å². The van der Waals surface area contributed by atoms with Crippen molar-refractivity contribution in [2.75, 3.05) is 0 Å². The third-order valence-electron chi connectivity index (χ3n) is 2.46. The van der Waals surface area contributed by atoms with Gasteiger partial charge in [0.15, 0.2) is 0 Å². The molecule has 1 atom stereocenters. The summed E-state index contributed by atoms with van der Waals surface area (Å²) < 4.78 is 26.1. The number of aromatic nitrogens is 2. The van der Waals surface area contributed by atoms with Crippen molar-refractivity contribution >= 4 is 0 Å². The first kappa shape index (κ1) is 11.6. The van der Waals surface area contributed by atoms with Crippen LogP contribution in [0.3, 0.4) is 0 Å². The van der Waals surface area contributed by atoms with Gasteiger partial charge in [0.1, 0.15) is 18.0 Å². The van der Waals surface area contributed by atoms with Crippen LogP contribution in [0.1, 0.15) is 17.2 Å². The molecule has 1 aromatic carbocycles. The second-order valence-corrected chi connectivity index (χ2v) is 3.72. The number of benzene rings is 1. The molecular weight excluding hydrogens is 224 g/mol. The lowest BCUT2D eigenvalue weighted by Gasteiger charge is -2.11. The summed E-state index contributed by atoms with van der Waals surface area (Å²) in [6, 6.07) is 3.06. The molecule has 0 fully saturated rings. The van der Waals surface area contributed by atoms with Crippen molar-refractivity contribution in [3.63, 3.8) is 0 Å². The van der Waals surface area contributed by atoms with Crippen molar-refractivity contribution in [1.29, 1.82) is 0 Å². The molecule has 2 aromatic rings. The minimum atomic E-state index is -0.595. The van der Waals surface area contributed by atoms with Crippen LogP contribution < -0.4 is 5.73 Å². The van der Waals surface area contributed by atoms with Gasteiger partial charge < -0.3 is 5.73 Å². The van der Waals surface area contributed by atoms with E-state index in [9.17, 15) is 8.78 Å². The molecule has 3 nitrogen and oxygen atoms in total. The van der Waals surface area contributed by atoms with Gasteiger partial charge in [0.25, 0.3) is 0 Å². The lowest BCUT2D eigenvalue weighted by Crippen LogP contribution is -2.14. The summed E-state index contributed by atoms with van der Waals surface area (Å²) in [7, 11) is 0. The molecule has 17 heavy (non-hydrogen) atoms. The number of nitrogens with two attached hydrogens (primary N) is 1. The maximum atomic E-state index is 13.4. The van der Waals surface area contributed by atoms with E-state index >= 15 is 0 Å². The summed E-state index contributed by atoms with van der Waals surface area (Å²) in [6.07, 6.45) is 4.84. The van der Waals surface area contributed by atoms with E-state index in [-0.39, 0.29) is 6.42 Å². The first-order valence-electron chi connectivity index (χ1n) is 5.11. The summed E-state index contributed by atoms with van der Waals surface area (Å²) in [4.78, 5) is 7.68. The number of nitrogens with zero attached hydrogens (tertiary/aromatic N) is 2. The Bertz CT molecular complexity index is 502. The molecule has 5 heteroatoms. The van der Waals surface area contributed by atoms with Gasteiger partial charge in [0.05, 0.1) is 0 Å². The Labute approximate surface area is 97.3 Å². The summed E-state index contributed by atoms with van der Waals surface area (Å²) in [5, 5.41) is 0. The average molecular weight is 235 g/mol. The number of halogens is 2. The summed E-state index contributed by atoms with van der Waals surface area (Å²) in [6.45, 7) is 0. The third-order valence-corrected chi connectivity index (χ3v) is 2.46. The zero-order chi connectivity index (χ0) is 12.3. The second-order valence-electron chi connectivity index (χ2n) is 3.72. The molecule has 0 saturated carbocycles. The van der Waals surface area contributed by atoms with Crippen molar-refractivity contribution in [3.05, 3.63) is 59.7 Å². The van der Waals surface area contributed by atoms with Gasteiger partial charge >= 0.3 is 0 Å². The van der Waals surface area contributed by atoms with E-state index in [0.717, 1.165) is 11.6 Å². The largest absolute Gasteiger partial charge is 0.324 e. The smallest absolute Gasteiger partial charge is 0.129 e. The molecule has 0 spiro atoms. The van der Waals surface area contributed by atoms with E-state index in [1.165, 1.54) is 18.5 Å². The van der Waals surface area contributed by atoms with E-state index in [2.05, 4.69) is 9.97 Å². The van der Waals surface area contributed by atoms with Crippen molar-refractivity contribution < 1.29 is 8.78 Å². The van der Waals surface area contributed by atoms with Crippen LogP contribution in [0.5, 0.6) is 0 Å². The minimum absolute atomic E-state index is 0.277. The van der Waals surface area contributed by atoms with Gasteiger partial charge in [-0.15, -0.1) is 0 Å². The maximum absolute atomic E-state index is 13.4. The Morgan fingerprint density at radius 1 is 1.18 bits per heavy atom. The molecule has 0 saturated heterocycles. The molecule has 1 heterocycles. The van der Waals surface area contributed by atoms with Crippen LogP contribution in [-0.4, -0.2) is 9.97 Å². The van der Waals surface area contributed by atoms with E-state index < -0.39 is 17.7 Å². The van der Waals surface area contributed by atoms with Crippen molar-refractivity contribution in [2.24, 2.45) is 5.73 Å². The number of rotatable bonds is 3. The fraction of sp³-hybridized carbons (Fsp3) is 0.167. The normalized spacial score (nSPS) is 12.4. The highest BCUT2D eigenvalue weighted by molar-refractivity contribution is 5.22. The van der Waals surface area contributed by atoms with Crippen LogP contribution >= 0.6 is 0 Å². The highest BCUT2D eigenvalue weighted by Gasteiger charge is 2.11. The quantitative estimate of drug-likeness (QED) is 0.885. The molecule has 0 amide bonds. The summed E-state index contributed by atoms with van der Waals surface area (Å²) >= 11 is 0. The fourth-order valence-electron chi connectivity index (χ4n) is 1.54. The summed E-state index contributed by atoms with van der Waals surface area (Å²) in [5.41, 5.74) is 6.99. The van der Waals surface area contributed by atoms with Crippen LogP contribution in [0.15, 0.2) is 36.9 Å². The molecule has 1 unspecified atom stereocenters. The standard InChI is InChI=1S/C12H11F2N3/c13-10-2-1-8(11(14)4-10)3-12(15)9-5-16-7-17-6-9/h1-2,4-7,12H,3,15H2. The van der Waals surface area contributed by atoms with Crippen molar-refractivity contribution in [3.8, 4) is 0 Å². The Hall–Kier alpha value is -1.88. The van der Waals surface area contributed by atoms with E-state index in [1.54, 1.807) is 12.4 Å². The van der Waals surface area contributed by atoms with Gasteiger partial charge in [-0.05, 0) is 18.1 Å². The number of hydrogen-bond donors (Lipinski definition) is 1. The van der Waals surface area contributed by atoms with Crippen LogP contribution in [-0.2, 0) is 6.42 Å². The first-order chi connectivity index (χ1) is 8.16. The highest BCUT2D eigenvalue weighted by atomic mass is 19.1. The predicted molar refractivity (Wildman–Crippen MR) is 59.0 cm³/mol. The molecular formula is C12H11F2N3. The fourth-order valence-corrected chi connectivity index (χ4v) is 1.54. The van der Waals surface area contributed by atoms with Crippen molar-refractivity contribution in [1.82, 2.24) is 9.97 Å². The molecule has 88 valence electrons. The Kier molecular flexibility index (Phi) is 3.39. The van der Waals surface area contributed by atoms with E-state index in [4.69, 9.17) is 5.73 Å². The van der Waals surface area contributed by atoms with Gasteiger partial charge in [0.2, 0.25) is 0 Å². The van der Waals surface area contributed by atoms with E-state index in [1.807, 2.05) is 0 Å². The second kappa shape index (κ2) is 4.97. The van der Waals surface area contributed by atoms with Crippen LogP contribution in [0.2, 0.25) is 0 Å². The van der Waals surface area contributed by atoms with Crippen LogP contribution in [0.4, 0.5) is 8.78 Å². The zero-order valence-electron chi connectivity index (χ0n) is 8.98. The SMILES string of the molecule is NC(Cc1ccc(F)cc1F)c1cncnc1.